The molecule has 1 N–H and O–H groups in total. The second-order valence-electron chi connectivity index (χ2n) is 5.63. The molecule has 0 spiro atoms. The molecule has 0 aliphatic carbocycles. The van der Waals surface area contributed by atoms with Gasteiger partial charge in [0.15, 0.2) is 0 Å². The topological polar surface area (TPSA) is 15.3 Å². The summed E-state index contributed by atoms with van der Waals surface area (Å²) in [4.78, 5) is 2.54. The second kappa shape index (κ2) is 7.42. The quantitative estimate of drug-likeness (QED) is 0.808. The molecule has 1 aliphatic rings. The zero-order valence-corrected chi connectivity index (χ0v) is 12.5. The van der Waals surface area contributed by atoms with Gasteiger partial charge in [-0.3, -0.25) is 0 Å². The zero-order valence-electron chi connectivity index (χ0n) is 12.5. The standard InChI is InChI=1S/C17H28N2/c1-3-15(4-2)14-18-16-10-6-7-11-17(16)19-12-8-5-9-13-19/h6-7,10-11,15,18H,3-5,8-9,12-14H2,1-2H3. The van der Waals surface area contributed by atoms with Crippen LogP contribution in [0.15, 0.2) is 24.3 Å². The summed E-state index contributed by atoms with van der Waals surface area (Å²) in [5.74, 6) is 0.786. The van der Waals surface area contributed by atoms with E-state index in [1.807, 2.05) is 0 Å². The van der Waals surface area contributed by atoms with Gasteiger partial charge in [0.25, 0.3) is 0 Å². The molecule has 19 heavy (non-hydrogen) atoms. The van der Waals surface area contributed by atoms with Crippen molar-refractivity contribution in [1.29, 1.82) is 0 Å². The van der Waals surface area contributed by atoms with E-state index in [9.17, 15) is 0 Å². The fraction of sp³-hybridized carbons (Fsp3) is 0.647. The van der Waals surface area contributed by atoms with Gasteiger partial charge in [-0.15, -0.1) is 0 Å². The maximum absolute atomic E-state index is 3.67. The Hall–Kier alpha value is -1.18. The average Bonchev–Trinajstić information content (AvgIpc) is 2.49. The van der Waals surface area contributed by atoms with Crippen LogP contribution in [-0.4, -0.2) is 19.6 Å². The minimum Gasteiger partial charge on any atom is -0.383 e. The van der Waals surface area contributed by atoms with Crippen LogP contribution in [0, 0.1) is 5.92 Å². The molecule has 1 saturated heterocycles. The van der Waals surface area contributed by atoms with Crippen LogP contribution in [0.2, 0.25) is 0 Å². The molecular weight excluding hydrogens is 232 g/mol. The summed E-state index contributed by atoms with van der Waals surface area (Å²) in [6.07, 6.45) is 6.58. The first-order valence-corrected chi connectivity index (χ1v) is 7.93. The van der Waals surface area contributed by atoms with E-state index >= 15 is 0 Å². The molecule has 0 amide bonds. The number of hydrogen-bond donors (Lipinski definition) is 1. The summed E-state index contributed by atoms with van der Waals surface area (Å²) in [5.41, 5.74) is 2.71. The van der Waals surface area contributed by atoms with Crippen LogP contribution in [0.25, 0.3) is 0 Å². The van der Waals surface area contributed by atoms with E-state index in [4.69, 9.17) is 0 Å². The zero-order chi connectivity index (χ0) is 13.5. The number of rotatable bonds is 6. The molecule has 0 aromatic heterocycles. The first-order chi connectivity index (χ1) is 9.35. The van der Waals surface area contributed by atoms with Crippen molar-refractivity contribution in [3.05, 3.63) is 24.3 Å². The van der Waals surface area contributed by atoms with Crippen LogP contribution in [0.5, 0.6) is 0 Å². The predicted molar refractivity (Wildman–Crippen MR) is 85.1 cm³/mol. The number of hydrogen-bond acceptors (Lipinski definition) is 2. The van der Waals surface area contributed by atoms with Crippen LogP contribution >= 0.6 is 0 Å². The normalized spacial score (nSPS) is 15.8. The smallest absolute Gasteiger partial charge is 0.0602 e. The Balaban J connectivity index is 2.03. The Morgan fingerprint density at radius 3 is 2.42 bits per heavy atom. The highest BCUT2D eigenvalue weighted by atomic mass is 15.1. The molecular formula is C17H28N2. The van der Waals surface area contributed by atoms with Gasteiger partial charge >= 0.3 is 0 Å². The van der Waals surface area contributed by atoms with Crippen LogP contribution < -0.4 is 10.2 Å². The summed E-state index contributed by atoms with van der Waals surface area (Å²) in [6, 6.07) is 8.79. The lowest BCUT2D eigenvalue weighted by Gasteiger charge is -2.31. The number of para-hydroxylation sites is 2. The monoisotopic (exact) mass is 260 g/mol. The highest BCUT2D eigenvalue weighted by Gasteiger charge is 2.14. The molecule has 1 aromatic rings. The highest BCUT2D eigenvalue weighted by molar-refractivity contribution is 5.70. The lowest BCUT2D eigenvalue weighted by molar-refractivity contribution is 0.519. The Kier molecular flexibility index (Phi) is 5.56. The third kappa shape index (κ3) is 3.89. The number of nitrogens with one attached hydrogen (secondary N) is 1. The van der Waals surface area contributed by atoms with E-state index in [2.05, 4.69) is 48.3 Å². The fourth-order valence-corrected chi connectivity index (χ4v) is 2.87. The van der Waals surface area contributed by atoms with Gasteiger partial charge in [-0.25, -0.2) is 0 Å². The highest BCUT2D eigenvalue weighted by Crippen LogP contribution is 2.28. The lowest BCUT2D eigenvalue weighted by Crippen LogP contribution is -2.30. The van der Waals surface area contributed by atoms with Crippen LogP contribution in [-0.2, 0) is 0 Å². The molecule has 0 radical (unpaired) electrons. The Labute approximate surface area is 118 Å². The number of anilines is 2. The molecule has 0 atom stereocenters. The third-order valence-electron chi connectivity index (χ3n) is 4.34. The maximum atomic E-state index is 3.67. The van der Waals surface area contributed by atoms with Gasteiger partial charge in [0, 0.05) is 19.6 Å². The van der Waals surface area contributed by atoms with Crippen molar-refractivity contribution in [3.63, 3.8) is 0 Å². The molecule has 2 nitrogen and oxygen atoms in total. The summed E-state index contributed by atoms with van der Waals surface area (Å²) >= 11 is 0. The van der Waals surface area contributed by atoms with Crippen molar-refractivity contribution in [2.24, 2.45) is 5.92 Å². The summed E-state index contributed by atoms with van der Waals surface area (Å²) in [6.45, 7) is 8.09. The first-order valence-electron chi connectivity index (χ1n) is 7.93. The maximum Gasteiger partial charge on any atom is 0.0602 e. The summed E-state index contributed by atoms with van der Waals surface area (Å²) < 4.78 is 0. The molecule has 1 aliphatic heterocycles. The number of piperidine rings is 1. The van der Waals surface area contributed by atoms with Crippen molar-refractivity contribution >= 4 is 11.4 Å². The van der Waals surface area contributed by atoms with Gasteiger partial charge < -0.3 is 10.2 Å². The van der Waals surface area contributed by atoms with Gasteiger partial charge in [0.2, 0.25) is 0 Å². The van der Waals surface area contributed by atoms with Gasteiger partial charge in [-0.1, -0.05) is 38.8 Å². The Morgan fingerprint density at radius 1 is 1.05 bits per heavy atom. The molecule has 0 saturated carbocycles. The molecule has 2 rings (SSSR count). The minimum absolute atomic E-state index is 0.786. The van der Waals surface area contributed by atoms with Crippen molar-refractivity contribution in [3.8, 4) is 0 Å². The number of nitrogens with zero attached hydrogens (tertiary/aromatic N) is 1. The predicted octanol–water partition coefficient (Wildman–Crippen LogP) is 4.53. The fourth-order valence-electron chi connectivity index (χ4n) is 2.87. The molecule has 0 unspecified atom stereocenters. The Bertz CT molecular complexity index is 365. The SMILES string of the molecule is CCC(CC)CNc1ccccc1N1CCCCC1. The van der Waals surface area contributed by atoms with E-state index in [0.717, 1.165) is 12.5 Å². The van der Waals surface area contributed by atoms with Crippen LogP contribution in [0.4, 0.5) is 11.4 Å². The molecule has 106 valence electrons. The molecule has 1 aromatic carbocycles. The summed E-state index contributed by atoms with van der Waals surface area (Å²) in [7, 11) is 0. The van der Waals surface area contributed by atoms with Gasteiger partial charge in [0.1, 0.15) is 0 Å². The van der Waals surface area contributed by atoms with E-state index in [0.29, 0.717) is 0 Å². The molecule has 1 fully saturated rings. The van der Waals surface area contributed by atoms with Gasteiger partial charge in [-0.05, 0) is 37.3 Å². The second-order valence-corrected chi connectivity index (χ2v) is 5.63. The van der Waals surface area contributed by atoms with Crippen molar-refractivity contribution in [2.45, 2.75) is 46.0 Å². The third-order valence-corrected chi connectivity index (χ3v) is 4.34. The van der Waals surface area contributed by atoms with Crippen LogP contribution in [0.1, 0.15) is 46.0 Å². The van der Waals surface area contributed by atoms with Crippen molar-refractivity contribution in [1.82, 2.24) is 0 Å². The van der Waals surface area contributed by atoms with E-state index in [1.165, 1.54) is 56.6 Å². The van der Waals surface area contributed by atoms with Gasteiger partial charge in [-0.2, -0.15) is 0 Å². The molecule has 1 heterocycles. The Morgan fingerprint density at radius 2 is 1.74 bits per heavy atom. The van der Waals surface area contributed by atoms with Crippen molar-refractivity contribution in [2.75, 3.05) is 29.9 Å². The first kappa shape index (κ1) is 14.2. The van der Waals surface area contributed by atoms with Crippen molar-refractivity contribution < 1.29 is 0 Å². The lowest BCUT2D eigenvalue weighted by atomic mass is 10.0. The van der Waals surface area contributed by atoms with Gasteiger partial charge in [0.05, 0.1) is 11.4 Å². The van der Waals surface area contributed by atoms with E-state index < -0.39 is 0 Å². The minimum atomic E-state index is 0.786. The van der Waals surface area contributed by atoms with Crippen LogP contribution in [0.3, 0.4) is 0 Å². The average molecular weight is 260 g/mol. The number of benzene rings is 1. The summed E-state index contributed by atoms with van der Waals surface area (Å²) in [5, 5.41) is 3.67. The van der Waals surface area contributed by atoms with E-state index in [-0.39, 0.29) is 0 Å². The molecule has 0 bridgehead atoms. The largest absolute Gasteiger partial charge is 0.383 e. The van der Waals surface area contributed by atoms with E-state index in [1.54, 1.807) is 0 Å². The molecule has 2 heteroatoms.